The van der Waals surface area contributed by atoms with Gasteiger partial charge in [-0.15, -0.1) is 0 Å². The van der Waals surface area contributed by atoms with Gasteiger partial charge < -0.3 is 5.32 Å². The third-order valence-electron chi connectivity index (χ3n) is 2.73. The van der Waals surface area contributed by atoms with E-state index in [4.69, 9.17) is 0 Å². The van der Waals surface area contributed by atoms with Crippen molar-refractivity contribution in [1.29, 1.82) is 0 Å². The standard InChI is InChI=1S/C14H16N2/c1-3-11-6-4-5-7-13(11)12-8-9-14(15-2)16-10-12/h4-10H,3H2,1-2H3,(H,15,16). The quantitative estimate of drug-likeness (QED) is 0.844. The SMILES string of the molecule is CCc1ccccc1-c1ccc(NC)nc1. The van der Waals surface area contributed by atoms with Crippen LogP contribution in [-0.4, -0.2) is 12.0 Å². The number of hydrogen-bond acceptors (Lipinski definition) is 2. The van der Waals surface area contributed by atoms with Crippen LogP contribution in [0.5, 0.6) is 0 Å². The van der Waals surface area contributed by atoms with Crippen LogP contribution in [-0.2, 0) is 6.42 Å². The molecule has 0 amide bonds. The zero-order valence-corrected chi connectivity index (χ0v) is 9.70. The Labute approximate surface area is 96.4 Å². The minimum absolute atomic E-state index is 0.901. The Morgan fingerprint density at radius 1 is 1.12 bits per heavy atom. The number of rotatable bonds is 3. The minimum Gasteiger partial charge on any atom is -0.373 e. The van der Waals surface area contributed by atoms with E-state index >= 15 is 0 Å². The van der Waals surface area contributed by atoms with Gasteiger partial charge in [0.25, 0.3) is 0 Å². The maximum absolute atomic E-state index is 4.34. The first kappa shape index (κ1) is 10.7. The summed E-state index contributed by atoms with van der Waals surface area (Å²) in [6.07, 6.45) is 2.96. The van der Waals surface area contributed by atoms with Crippen LogP contribution in [0.4, 0.5) is 5.82 Å². The van der Waals surface area contributed by atoms with Gasteiger partial charge in [0.15, 0.2) is 0 Å². The van der Waals surface area contributed by atoms with E-state index < -0.39 is 0 Å². The second kappa shape index (κ2) is 4.79. The van der Waals surface area contributed by atoms with Crippen LogP contribution in [0.3, 0.4) is 0 Å². The summed E-state index contributed by atoms with van der Waals surface area (Å²) in [5.74, 6) is 0.901. The predicted octanol–water partition coefficient (Wildman–Crippen LogP) is 3.35. The number of anilines is 1. The number of nitrogens with zero attached hydrogens (tertiary/aromatic N) is 1. The monoisotopic (exact) mass is 212 g/mol. The maximum atomic E-state index is 4.34. The van der Waals surface area contributed by atoms with Crippen molar-refractivity contribution in [3.63, 3.8) is 0 Å². The molecule has 0 saturated heterocycles. The molecule has 0 atom stereocenters. The molecule has 0 saturated carbocycles. The number of pyridine rings is 1. The van der Waals surface area contributed by atoms with Crippen molar-refractivity contribution in [3.05, 3.63) is 48.2 Å². The van der Waals surface area contributed by atoms with Crippen LogP contribution < -0.4 is 5.32 Å². The molecule has 0 spiro atoms. The molecular formula is C14H16N2. The molecule has 1 heterocycles. The van der Waals surface area contributed by atoms with Crippen LogP contribution in [0.2, 0.25) is 0 Å². The zero-order valence-electron chi connectivity index (χ0n) is 9.70. The smallest absolute Gasteiger partial charge is 0.125 e. The summed E-state index contributed by atoms with van der Waals surface area (Å²) in [5.41, 5.74) is 3.82. The highest BCUT2D eigenvalue weighted by Crippen LogP contribution is 2.23. The van der Waals surface area contributed by atoms with Gasteiger partial charge in [-0.3, -0.25) is 0 Å². The van der Waals surface area contributed by atoms with Crippen molar-refractivity contribution in [1.82, 2.24) is 4.98 Å². The molecule has 2 nitrogen and oxygen atoms in total. The van der Waals surface area contributed by atoms with Crippen molar-refractivity contribution in [3.8, 4) is 11.1 Å². The third-order valence-corrected chi connectivity index (χ3v) is 2.73. The predicted molar refractivity (Wildman–Crippen MR) is 68.6 cm³/mol. The molecular weight excluding hydrogens is 196 g/mol. The maximum Gasteiger partial charge on any atom is 0.125 e. The lowest BCUT2D eigenvalue weighted by Crippen LogP contribution is -1.92. The summed E-state index contributed by atoms with van der Waals surface area (Å²) in [4.78, 5) is 4.34. The Kier molecular flexibility index (Phi) is 3.20. The van der Waals surface area contributed by atoms with E-state index in [0.29, 0.717) is 0 Å². The van der Waals surface area contributed by atoms with Crippen molar-refractivity contribution in [2.24, 2.45) is 0 Å². The lowest BCUT2D eigenvalue weighted by atomic mass is 10.00. The molecule has 1 aromatic carbocycles. The molecule has 16 heavy (non-hydrogen) atoms. The van der Waals surface area contributed by atoms with Crippen LogP contribution in [0.25, 0.3) is 11.1 Å². The van der Waals surface area contributed by atoms with Crippen LogP contribution in [0.15, 0.2) is 42.6 Å². The molecule has 0 aliphatic carbocycles. The van der Waals surface area contributed by atoms with Gasteiger partial charge in [-0.25, -0.2) is 4.98 Å². The van der Waals surface area contributed by atoms with E-state index in [9.17, 15) is 0 Å². The second-order valence-electron chi connectivity index (χ2n) is 3.69. The van der Waals surface area contributed by atoms with E-state index in [1.807, 2.05) is 19.3 Å². The fourth-order valence-electron chi connectivity index (χ4n) is 1.81. The molecule has 82 valence electrons. The van der Waals surface area contributed by atoms with E-state index in [1.165, 1.54) is 16.7 Å². The lowest BCUT2D eigenvalue weighted by molar-refractivity contribution is 1.14. The van der Waals surface area contributed by atoms with Crippen molar-refractivity contribution >= 4 is 5.82 Å². The third kappa shape index (κ3) is 2.06. The largest absolute Gasteiger partial charge is 0.373 e. The Morgan fingerprint density at radius 2 is 1.94 bits per heavy atom. The Balaban J connectivity index is 2.42. The first-order valence-corrected chi connectivity index (χ1v) is 5.57. The molecule has 0 aliphatic rings. The molecule has 2 rings (SSSR count). The van der Waals surface area contributed by atoms with Gasteiger partial charge in [0, 0.05) is 18.8 Å². The van der Waals surface area contributed by atoms with E-state index in [-0.39, 0.29) is 0 Å². The second-order valence-corrected chi connectivity index (χ2v) is 3.69. The van der Waals surface area contributed by atoms with Crippen molar-refractivity contribution < 1.29 is 0 Å². The van der Waals surface area contributed by atoms with Gasteiger partial charge in [0.1, 0.15) is 5.82 Å². The first-order valence-electron chi connectivity index (χ1n) is 5.57. The van der Waals surface area contributed by atoms with Crippen LogP contribution in [0, 0.1) is 0 Å². The fourth-order valence-corrected chi connectivity index (χ4v) is 1.81. The topological polar surface area (TPSA) is 24.9 Å². The molecule has 2 aromatic rings. The molecule has 0 radical (unpaired) electrons. The number of benzene rings is 1. The zero-order chi connectivity index (χ0) is 11.4. The summed E-state index contributed by atoms with van der Waals surface area (Å²) in [6, 6.07) is 12.6. The van der Waals surface area contributed by atoms with E-state index in [1.54, 1.807) is 0 Å². The molecule has 1 N–H and O–H groups in total. The molecule has 0 bridgehead atoms. The molecule has 0 unspecified atom stereocenters. The highest BCUT2D eigenvalue weighted by molar-refractivity contribution is 5.67. The summed E-state index contributed by atoms with van der Waals surface area (Å²) >= 11 is 0. The summed E-state index contributed by atoms with van der Waals surface area (Å²) in [5, 5.41) is 3.02. The van der Waals surface area contributed by atoms with Crippen LogP contribution in [0.1, 0.15) is 12.5 Å². The highest BCUT2D eigenvalue weighted by Gasteiger charge is 2.02. The Morgan fingerprint density at radius 3 is 2.56 bits per heavy atom. The van der Waals surface area contributed by atoms with Crippen molar-refractivity contribution in [2.45, 2.75) is 13.3 Å². The summed E-state index contributed by atoms with van der Waals surface area (Å²) < 4.78 is 0. The minimum atomic E-state index is 0.901. The van der Waals surface area contributed by atoms with Crippen molar-refractivity contribution in [2.75, 3.05) is 12.4 Å². The van der Waals surface area contributed by atoms with Crippen LogP contribution >= 0.6 is 0 Å². The van der Waals surface area contributed by atoms with Gasteiger partial charge in [-0.2, -0.15) is 0 Å². The number of aryl methyl sites for hydroxylation is 1. The fraction of sp³-hybridized carbons (Fsp3) is 0.214. The molecule has 0 aliphatic heterocycles. The molecule has 0 fully saturated rings. The Hall–Kier alpha value is -1.83. The average molecular weight is 212 g/mol. The number of nitrogens with one attached hydrogen (secondary N) is 1. The first-order chi connectivity index (χ1) is 7.85. The van der Waals surface area contributed by atoms with Gasteiger partial charge in [0.05, 0.1) is 0 Å². The lowest BCUT2D eigenvalue weighted by Gasteiger charge is -2.08. The number of hydrogen-bond donors (Lipinski definition) is 1. The Bertz CT molecular complexity index is 460. The molecule has 1 aromatic heterocycles. The average Bonchev–Trinajstić information content (AvgIpc) is 2.39. The summed E-state index contributed by atoms with van der Waals surface area (Å²) in [7, 11) is 1.88. The van der Waals surface area contributed by atoms with Gasteiger partial charge in [-0.05, 0) is 29.7 Å². The molecule has 2 heteroatoms. The van der Waals surface area contributed by atoms with Gasteiger partial charge >= 0.3 is 0 Å². The van der Waals surface area contributed by atoms with E-state index in [0.717, 1.165) is 12.2 Å². The van der Waals surface area contributed by atoms with Gasteiger partial charge in [-0.1, -0.05) is 31.2 Å². The van der Waals surface area contributed by atoms with Gasteiger partial charge in [0.2, 0.25) is 0 Å². The summed E-state index contributed by atoms with van der Waals surface area (Å²) in [6.45, 7) is 2.17. The number of aromatic nitrogens is 1. The normalized spacial score (nSPS) is 10.1. The van der Waals surface area contributed by atoms with E-state index in [2.05, 4.69) is 47.6 Å². The highest BCUT2D eigenvalue weighted by atomic mass is 14.9.